The van der Waals surface area contributed by atoms with Crippen LogP contribution < -0.4 is 4.72 Å². The summed E-state index contributed by atoms with van der Waals surface area (Å²) in [7, 11) is 1.75. The number of nitrogens with zero attached hydrogens (tertiary/aromatic N) is 1. The lowest BCUT2D eigenvalue weighted by Crippen LogP contribution is -2.39. The van der Waals surface area contributed by atoms with Crippen LogP contribution in [0.2, 0.25) is 0 Å². The zero-order valence-electron chi connectivity index (χ0n) is 7.62. The molecule has 0 amide bonds. The highest BCUT2D eigenvalue weighted by atomic mass is 32.1. The molecule has 4 heteroatoms. The molecule has 1 unspecified atom stereocenters. The molecule has 1 heterocycles. The third-order valence-electron chi connectivity index (χ3n) is 2.29. The van der Waals surface area contributed by atoms with Crippen molar-refractivity contribution in [1.29, 1.82) is 0 Å². The van der Waals surface area contributed by atoms with E-state index in [1.165, 1.54) is 19.4 Å². The number of nitrogens with one attached hydrogen (secondary N) is 1. The molecule has 1 atom stereocenters. The number of hydrogen-bond donors (Lipinski definition) is 2. The molecule has 1 aliphatic rings. The summed E-state index contributed by atoms with van der Waals surface area (Å²) in [5.74, 6) is 0.742. The molecule has 12 heavy (non-hydrogen) atoms. The van der Waals surface area contributed by atoms with Gasteiger partial charge in [-0.3, -0.25) is 9.62 Å². The van der Waals surface area contributed by atoms with Gasteiger partial charge in [0.1, 0.15) is 0 Å². The van der Waals surface area contributed by atoms with Gasteiger partial charge in [-0.25, -0.2) is 0 Å². The van der Waals surface area contributed by atoms with Crippen LogP contribution in [0, 0.1) is 5.92 Å². The Balaban J connectivity index is 2.20. The quantitative estimate of drug-likeness (QED) is 0.639. The van der Waals surface area contributed by atoms with Crippen molar-refractivity contribution < 1.29 is 4.74 Å². The molecule has 1 saturated heterocycles. The maximum Gasteiger partial charge on any atom is 0.0986 e. The van der Waals surface area contributed by atoms with Gasteiger partial charge in [0.2, 0.25) is 0 Å². The molecular formula is C8H18N2OS. The first-order valence-electron chi connectivity index (χ1n) is 4.45. The summed E-state index contributed by atoms with van der Waals surface area (Å²) in [5, 5.41) is 0. The molecule has 0 bridgehead atoms. The Kier molecular flexibility index (Phi) is 4.99. The minimum absolute atomic E-state index is 0.742. The second-order valence-electron chi connectivity index (χ2n) is 3.37. The number of likely N-dealkylation sites (tertiary alicyclic amines) is 1. The average molecular weight is 190 g/mol. The fourth-order valence-corrected chi connectivity index (χ4v) is 2.01. The van der Waals surface area contributed by atoms with E-state index < -0.39 is 0 Å². The Bertz CT molecular complexity index is 108. The van der Waals surface area contributed by atoms with E-state index in [0.717, 1.165) is 25.7 Å². The van der Waals surface area contributed by atoms with Gasteiger partial charge < -0.3 is 4.74 Å². The van der Waals surface area contributed by atoms with Crippen molar-refractivity contribution in [2.75, 3.05) is 33.5 Å². The lowest BCUT2D eigenvalue weighted by atomic mass is 9.99. The fourth-order valence-electron chi connectivity index (χ4n) is 1.75. The Labute approximate surface area is 80.0 Å². The van der Waals surface area contributed by atoms with Gasteiger partial charge in [0, 0.05) is 26.7 Å². The molecule has 0 saturated carbocycles. The summed E-state index contributed by atoms with van der Waals surface area (Å²) in [6.07, 6.45) is 2.59. The van der Waals surface area contributed by atoms with Crippen molar-refractivity contribution in [3.8, 4) is 0 Å². The molecule has 0 aliphatic carbocycles. The molecule has 72 valence electrons. The van der Waals surface area contributed by atoms with Gasteiger partial charge in [-0.1, -0.05) is 12.8 Å². The predicted molar refractivity (Wildman–Crippen MR) is 53.2 cm³/mol. The second kappa shape index (κ2) is 5.80. The summed E-state index contributed by atoms with van der Waals surface area (Å²) in [6, 6.07) is 0. The third kappa shape index (κ3) is 3.31. The molecule has 1 rings (SSSR count). The van der Waals surface area contributed by atoms with Gasteiger partial charge in [0.25, 0.3) is 0 Å². The van der Waals surface area contributed by atoms with Crippen molar-refractivity contribution in [3.05, 3.63) is 0 Å². The van der Waals surface area contributed by atoms with Crippen LogP contribution in [-0.4, -0.2) is 38.4 Å². The monoisotopic (exact) mass is 190 g/mol. The van der Waals surface area contributed by atoms with E-state index in [1.54, 1.807) is 7.11 Å². The zero-order valence-corrected chi connectivity index (χ0v) is 8.52. The highest BCUT2D eigenvalue weighted by Gasteiger charge is 2.18. The molecule has 0 aromatic rings. The number of hydrogen-bond acceptors (Lipinski definition) is 4. The summed E-state index contributed by atoms with van der Waals surface area (Å²) in [6.45, 7) is 4.09. The maximum atomic E-state index is 5.09. The summed E-state index contributed by atoms with van der Waals surface area (Å²) in [5.41, 5.74) is 0. The van der Waals surface area contributed by atoms with Gasteiger partial charge >= 0.3 is 0 Å². The van der Waals surface area contributed by atoms with Gasteiger partial charge in [0.05, 0.1) is 6.73 Å². The van der Waals surface area contributed by atoms with Crippen molar-refractivity contribution in [1.82, 2.24) is 9.62 Å². The largest absolute Gasteiger partial charge is 0.369 e. The molecule has 0 radical (unpaired) electrons. The summed E-state index contributed by atoms with van der Waals surface area (Å²) < 4.78 is 8.02. The molecule has 3 nitrogen and oxygen atoms in total. The third-order valence-corrected chi connectivity index (χ3v) is 2.48. The topological polar surface area (TPSA) is 24.5 Å². The van der Waals surface area contributed by atoms with Gasteiger partial charge in [0.15, 0.2) is 0 Å². The Morgan fingerprint density at radius 3 is 3.17 bits per heavy atom. The Hall–Kier alpha value is 0.230. The minimum atomic E-state index is 0.742. The van der Waals surface area contributed by atoms with E-state index in [9.17, 15) is 0 Å². The van der Waals surface area contributed by atoms with E-state index in [4.69, 9.17) is 4.74 Å². The van der Waals surface area contributed by atoms with Crippen molar-refractivity contribution in [3.63, 3.8) is 0 Å². The van der Waals surface area contributed by atoms with Crippen LogP contribution in [0.3, 0.4) is 0 Å². The standard InChI is InChI=1S/C8H18N2OS/c1-11-7-10-4-2-3-8(6-10)5-9-12/h8-9,12H,2-7H2,1H3. The van der Waals surface area contributed by atoms with E-state index in [-0.39, 0.29) is 0 Å². The first-order chi connectivity index (χ1) is 5.86. The van der Waals surface area contributed by atoms with Crippen LogP contribution in [0.25, 0.3) is 0 Å². The van der Waals surface area contributed by atoms with Gasteiger partial charge in [-0.05, 0) is 18.8 Å². The van der Waals surface area contributed by atoms with Crippen LogP contribution in [0.15, 0.2) is 0 Å². The molecule has 0 spiro atoms. The Morgan fingerprint density at radius 1 is 1.67 bits per heavy atom. The normalized spacial score (nSPS) is 26.0. The number of rotatable bonds is 4. The zero-order chi connectivity index (χ0) is 8.81. The fraction of sp³-hybridized carbons (Fsp3) is 1.00. The van der Waals surface area contributed by atoms with Gasteiger partial charge in [-0.2, -0.15) is 0 Å². The van der Waals surface area contributed by atoms with Crippen molar-refractivity contribution in [2.45, 2.75) is 12.8 Å². The highest BCUT2D eigenvalue weighted by Crippen LogP contribution is 2.15. The lowest BCUT2D eigenvalue weighted by molar-refractivity contribution is 0.0351. The van der Waals surface area contributed by atoms with Crippen molar-refractivity contribution in [2.24, 2.45) is 5.92 Å². The maximum absolute atomic E-state index is 5.09. The highest BCUT2D eigenvalue weighted by molar-refractivity contribution is 7.78. The number of ether oxygens (including phenoxy) is 1. The smallest absolute Gasteiger partial charge is 0.0986 e. The molecule has 0 aromatic carbocycles. The van der Waals surface area contributed by atoms with Crippen LogP contribution in [-0.2, 0) is 4.74 Å². The van der Waals surface area contributed by atoms with Crippen LogP contribution in [0.4, 0.5) is 0 Å². The first-order valence-corrected chi connectivity index (χ1v) is 4.89. The average Bonchev–Trinajstić information content (AvgIpc) is 2.06. The van der Waals surface area contributed by atoms with Crippen LogP contribution in [0.1, 0.15) is 12.8 Å². The first kappa shape index (κ1) is 10.3. The van der Waals surface area contributed by atoms with Crippen LogP contribution >= 0.6 is 12.8 Å². The molecule has 1 aliphatic heterocycles. The second-order valence-corrected chi connectivity index (χ2v) is 3.68. The van der Waals surface area contributed by atoms with E-state index in [2.05, 4.69) is 22.4 Å². The SMILES string of the molecule is COCN1CCCC(CNS)C1. The molecule has 0 aromatic heterocycles. The number of piperidine rings is 1. The predicted octanol–water partition coefficient (Wildman–Crippen LogP) is 0.737. The molecule has 1 fully saturated rings. The Morgan fingerprint density at radius 2 is 2.50 bits per heavy atom. The van der Waals surface area contributed by atoms with E-state index in [1.807, 2.05) is 0 Å². The lowest BCUT2D eigenvalue weighted by Gasteiger charge is -2.31. The molecule has 1 N–H and O–H groups in total. The number of methoxy groups -OCH3 is 1. The minimum Gasteiger partial charge on any atom is -0.369 e. The summed E-state index contributed by atoms with van der Waals surface area (Å²) in [4.78, 5) is 2.35. The van der Waals surface area contributed by atoms with E-state index >= 15 is 0 Å². The van der Waals surface area contributed by atoms with E-state index in [0.29, 0.717) is 0 Å². The summed E-state index contributed by atoms with van der Waals surface area (Å²) >= 11 is 4.01. The van der Waals surface area contributed by atoms with Gasteiger partial charge in [-0.15, -0.1) is 0 Å². The van der Waals surface area contributed by atoms with Crippen LogP contribution in [0.5, 0.6) is 0 Å². The number of thiol groups is 1. The molecular weight excluding hydrogens is 172 g/mol. The van der Waals surface area contributed by atoms with Crippen molar-refractivity contribution >= 4 is 12.8 Å².